The Balaban J connectivity index is 0.00000243. The molecule has 0 spiro atoms. The van der Waals surface area contributed by atoms with Crippen LogP contribution < -0.4 is 4.74 Å². The molecule has 0 N–H and O–H groups in total. The van der Waals surface area contributed by atoms with Gasteiger partial charge in [-0.2, -0.15) is 0 Å². The molecule has 0 radical (unpaired) electrons. The first kappa shape index (κ1) is 20.5. The van der Waals surface area contributed by atoms with E-state index in [0.29, 0.717) is 12.3 Å². The molecule has 1 aromatic heterocycles. The van der Waals surface area contributed by atoms with Gasteiger partial charge in [-0.25, -0.2) is 4.98 Å². The Labute approximate surface area is 168 Å². The maximum absolute atomic E-state index is 10.9. The van der Waals surface area contributed by atoms with E-state index in [-0.39, 0.29) is 12.4 Å². The molecule has 0 bridgehead atoms. The second kappa shape index (κ2) is 8.69. The van der Waals surface area contributed by atoms with Crippen LogP contribution in [0.15, 0.2) is 40.9 Å². The van der Waals surface area contributed by atoms with Crippen LogP contribution in [0.4, 0.5) is 0 Å². The molecule has 1 heterocycles. The fourth-order valence-electron chi connectivity index (χ4n) is 2.98. The van der Waals surface area contributed by atoms with Crippen molar-refractivity contribution in [2.75, 3.05) is 7.11 Å². The molecule has 2 aromatic carbocycles. The van der Waals surface area contributed by atoms with Crippen molar-refractivity contribution in [1.82, 2.24) is 9.55 Å². The van der Waals surface area contributed by atoms with Crippen molar-refractivity contribution in [2.45, 2.75) is 26.8 Å². The van der Waals surface area contributed by atoms with Gasteiger partial charge in [0.15, 0.2) is 0 Å². The molecule has 0 saturated carbocycles. The minimum atomic E-state index is 0. The number of aromatic nitrogens is 2. The minimum absolute atomic E-state index is 0. The van der Waals surface area contributed by atoms with Crippen molar-refractivity contribution in [1.29, 1.82) is 0 Å². The molecular formula is C20H22BrClN2O2. The zero-order chi connectivity index (χ0) is 18.0. The molecule has 26 heavy (non-hydrogen) atoms. The maximum Gasteiger partial charge on any atom is 0.141 e. The summed E-state index contributed by atoms with van der Waals surface area (Å²) in [5.41, 5.74) is 3.92. The van der Waals surface area contributed by atoms with Crippen molar-refractivity contribution in [3.8, 4) is 17.1 Å². The van der Waals surface area contributed by atoms with Crippen LogP contribution in [0.2, 0.25) is 0 Å². The Hall–Kier alpha value is -1.85. The Kier molecular flexibility index (Phi) is 6.84. The summed E-state index contributed by atoms with van der Waals surface area (Å²) in [5.74, 6) is 2.20. The van der Waals surface area contributed by atoms with Crippen LogP contribution in [-0.2, 0) is 17.8 Å². The van der Waals surface area contributed by atoms with Gasteiger partial charge >= 0.3 is 0 Å². The molecule has 0 fully saturated rings. The summed E-state index contributed by atoms with van der Waals surface area (Å²) in [6, 6.07) is 12.0. The van der Waals surface area contributed by atoms with Gasteiger partial charge in [0.1, 0.15) is 23.4 Å². The Morgan fingerprint density at radius 3 is 2.69 bits per heavy atom. The van der Waals surface area contributed by atoms with Crippen LogP contribution in [0, 0.1) is 5.92 Å². The second-order valence-corrected chi connectivity index (χ2v) is 7.24. The topological polar surface area (TPSA) is 44.1 Å². The molecule has 6 heteroatoms. The van der Waals surface area contributed by atoms with Gasteiger partial charge < -0.3 is 14.1 Å². The zero-order valence-electron chi connectivity index (χ0n) is 15.0. The van der Waals surface area contributed by atoms with E-state index in [1.165, 1.54) is 0 Å². The summed E-state index contributed by atoms with van der Waals surface area (Å²) in [6.07, 6.45) is 1.29. The first-order valence-corrected chi connectivity index (χ1v) is 9.10. The third-order valence-corrected chi connectivity index (χ3v) is 5.00. The van der Waals surface area contributed by atoms with E-state index in [9.17, 15) is 4.79 Å². The highest BCUT2D eigenvalue weighted by atomic mass is 79.9. The highest BCUT2D eigenvalue weighted by Crippen LogP contribution is 2.33. The van der Waals surface area contributed by atoms with Gasteiger partial charge in [-0.3, -0.25) is 0 Å². The van der Waals surface area contributed by atoms with Crippen LogP contribution in [0.25, 0.3) is 22.4 Å². The molecule has 0 amide bonds. The zero-order valence-corrected chi connectivity index (χ0v) is 17.4. The molecule has 4 nitrogen and oxygen atoms in total. The van der Waals surface area contributed by atoms with Gasteiger partial charge in [0.25, 0.3) is 0 Å². The molecular weight excluding hydrogens is 416 g/mol. The molecule has 0 atom stereocenters. The summed E-state index contributed by atoms with van der Waals surface area (Å²) >= 11 is 3.64. The fourth-order valence-corrected chi connectivity index (χ4v) is 3.57. The number of ether oxygens (including phenoxy) is 1. The summed E-state index contributed by atoms with van der Waals surface area (Å²) in [6.45, 7) is 5.25. The molecule has 138 valence electrons. The number of aldehydes is 1. The van der Waals surface area contributed by atoms with Gasteiger partial charge in [0, 0.05) is 23.0 Å². The standard InChI is InChI=1S/C20H21BrN2O2.ClH/c1-13(2)12-23-17-8-7-14(9-10-24)18(21)19(17)22-20(23)15-5-4-6-16(11-15)25-3;/h4-8,10-11,13H,9,12H2,1-3H3;1H. The van der Waals surface area contributed by atoms with Crippen molar-refractivity contribution in [3.05, 3.63) is 46.4 Å². The number of hydrogen-bond acceptors (Lipinski definition) is 3. The molecule has 3 rings (SSSR count). The molecule has 0 saturated heterocycles. The number of carbonyl (C=O) groups is 1. The Bertz CT molecular complexity index is 922. The van der Waals surface area contributed by atoms with E-state index in [2.05, 4.69) is 40.4 Å². The average molecular weight is 438 g/mol. The molecule has 0 aliphatic heterocycles. The smallest absolute Gasteiger partial charge is 0.141 e. The third-order valence-electron chi connectivity index (χ3n) is 4.12. The number of hydrogen-bond donors (Lipinski definition) is 0. The van der Waals surface area contributed by atoms with Crippen molar-refractivity contribution < 1.29 is 9.53 Å². The SMILES string of the molecule is COc1cccc(-c2nc3c(Br)c(CC=O)ccc3n2CC(C)C)c1.Cl. The largest absolute Gasteiger partial charge is 0.497 e. The highest BCUT2D eigenvalue weighted by molar-refractivity contribution is 9.10. The molecule has 0 aliphatic carbocycles. The lowest BCUT2D eigenvalue weighted by Gasteiger charge is -2.12. The monoisotopic (exact) mass is 436 g/mol. The number of rotatable bonds is 6. The lowest BCUT2D eigenvalue weighted by molar-refractivity contribution is -0.107. The first-order chi connectivity index (χ1) is 12.0. The van der Waals surface area contributed by atoms with E-state index >= 15 is 0 Å². The van der Waals surface area contributed by atoms with Gasteiger partial charge in [-0.15, -0.1) is 12.4 Å². The Morgan fingerprint density at radius 1 is 1.27 bits per heavy atom. The van der Waals surface area contributed by atoms with Gasteiger partial charge in [-0.1, -0.05) is 32.0 Å². The predicted molar refractivity (Wildman–Crippen MR) is 111 cm³/mol. The van der Waals surface area contributed by atoms with Gasteiger partial charge in [-0.05, 0) is 45.6 Å². The maximum atomic E-state index is 10.9. The predicted octanol–water partition coefficient (Wildman–Crippen LogP) is 5.29. The number of imidazole rings is 1. The van der Waals surface area contributed by atoms with Crippen LogP contribution in [0.3, 0.4) is 0 Å². The van der Waals surface area contributed by atoms with Crippen LogP contribution in [0.1, 0.15) is 19.4 Å². The Morgan fingerprint density at radius 2 is 2.04 bits per heavy atom. The van der Waals surface area contributed by atoms with E-state index < -0.39 is 0 Å². The van der Waals surface area contributed by atoms with Gasteiger partial charge in [0.05, 0.1) is 12.6 Å². The van der Waals surface area contributed by atoms with Gasteiger partial charge in [0.2, 0.25) is 0 Å². The number of carbonyl (C=O) groups excluding carboxylic acids is 1. The normalized spacial score (nSPS) is 10.8. The van der Waals surface area contributed by atoms with Crippen molar-refractivity contribution >= 4 is 45.7 Å². The number of nitrogens with zero attached hydrogens (tertiary/aromatic N) is 2. The summed E-state index contributed by atoms with van der Waals surface area (Å²) in [5, 5.41) is 0. The molecule has 3 aromatic rings. The summed E-state index contributed by atoms with van der Waals surface area (Å²) in [7, 11) is 1.67. The number of fused-ring (bicyclic) bond motifs is 1. The van der Waals surface area contributed by atoms with Crippen molar-refractivity contribution in [2.24, 2.45) is 5.92 Å². The van der Waals surface area contributed by atoms with Crippen LogP contribution in [0.5, 0.6) is 5.75 Å². The quantitative estimate of drug-likeness (QED) is 0.492. The van der Waals surface area contributed by atoms with E-state index in [4.69, 9.17) is 9.72 Å². The fraction of sp³-hybridized carbons (Fsp3) is 0.300. The third kappa shape index (κ3) is 3.94. The first-order valence-electron chi connectivity index (χ1n) is 8.30. The van der Waals surface area contributed by atoms with E-state index in [0.717, 1.165) is 51.0 Å². The van der Waals surface area contributed by atoms with Crippen LogP contribution in [-0.4, -0.2) is 22.9 Å². The molecule has 0 unspecified atom stereocenters. The second-order valence-electron chi connectivity index (χ2n) is 6.45. The van der Waals surface area contributed by atoms with E-state index in [1.54, 1.807) is 7.11 Å². The van der Waals surface area contributed by atoms with Crippen molar-refractivity contribution in [3.63, 3.8) is 0 Å². The highest BCUT2D eigenvalue weighted by Gasteiger charge is 2.17. The minimum Gasteiger partial charge on any atom is -0.497 e. The number of benzene rings is 2. The molecule has 0 aliphatic rings. The number of halogens is 2. The van der Waals surface area contributed by atoms with E-state index in [1.807, 2.05) is 30.3 Å². The van der Waals surface area contributed by atoms with Crippen LogP contribution >= 0.6 is 28.3 Å². The average Bonchev–Trinajstić information content (AvgIpc) is 2.96. The summed E-state index contributed by atoms with van der Waals surface area (Å²) in [4.78, 5) is 15.8. The lowest BCUT2D eigenvalue weighted by atomic mass is 10.1. The lowest BCUT2D eigenvalue weighted by Crippen LogP contribution is -2.06. The number of methoxy groups -OCH3 is 1. The summed E-state index contributed by atoms with van der Waals surface area (Å²) < 4.78 is 8.49.